The molecule has 0 unspecified atom stereocenters. The zero-order chi connectivity index (χ0) is 25.3. The highest BCUT2D eigenvalue weighted by atomic mass is 35.5. The van der Waals surface area contributed by atoms with Crippen molar-refractivity contribution >= 4 is 45.9 Å². The minimum absolute atomic E-state index is 0.172. The fourth-order valence-corrected chi connectivity index (χ4v) is 6.71. The van der Waals surface area contributed by atoms with E-state index in [9.17, 15) is 14.4 Å². The van der Waals surface area contributed by atoms with Gasteiger partial charge in [-0.1, -0.05) is 72.3 Å². The molecule has 2 saturated heterocycles. The van der Waals surface area contributed by atoms with E-state index in [-0.39, 0.29) is 24.3 Å². The van der Waals surface area contributed by atoms with Gasteiger partial charge in [0, 0.05) is 28.7 Å². The van der Waals surface area contributed by atoms with E-state index in [1.807, 2.05) is 66.9 Å². The second-order valence-corrected chi connectivity index (χ2v) is 10.4. The average molecular weight is 511 g/mol. The molecular weight excluding hydrogens is 488 g/mol. The summed E-state index contributed by atoms with van der Waals surface area (Å²) >= 11 is 6.45. The summed E-state index contributed by atoms with van der Waals surface area (Å²) in [5, 5.41) is 7.85. The summed E-state index contributed by atoms with van der Waals surface area (Å²) in [6.45, 7) is 0.172. The zero-order valence-electron chi connectivity index (χ0n) is 19.7. The molecule has 3 aliphatic heterocycles. The number of amides is 3. The molecule has 184 valence electrons. The van der Waals surface area contributed by atoms with E-state index in [0.29, 0.717) is 22.7 Å². The number of imide groups is 1. The molecular formula is C29H23ClN4O3. The van der Waals surface area contributed by atoms with E-state index in [2.05, 4.69) is 15.6 Å². The van der Waals surface area contributed by atoms with Gasteiger partial charge in [0.1, 0.15) is 5.54 Å². The molecule has 0 radical (unpaired) electrons. The Morgan fingerprint density at radius 1 is 0.892 bits per heavy atom. The Morgan fingerprint density at radius 3 is 2.51 bits per heavy atom. The molecule has 0 saturated carbocycles. The fourth-order valence-electron chi connectivity index (χ4n) is 6.49. The third-order valence-electron chi connectivity index (χ3n) is 8.09. The molecule has 3 amide bonds. The van der Waals surface area contributed by atoms with E-state index in [0.717, 1.165) is 22.0 Å². The van der Waals surface area contributed by atoms with Crippen molar-refractivity contribution in [3.8, 4) is 0 Å². The van der Waals surface area contributed by atoms with Crippen molar-refractivity contribution in [2.45, 2.75) is 24.5 Å². The van der Waals surface area contributed by atoms with E-state index in [1.54, 1.807) is 12.1 Å². The van der Waals surface area contributed by atoms with Gasteiger partial charge in [-0.25, -0.2) is 0 Å². The Morgan fingerprint density at radius 2 is 1.68 bits per heavy atom. The van der Waals surface area contributed by atoms with Crippen LogP contribution in [0.25, 0.3) is 10.9 Å². The third-order valence-corrected chi connectivity index (χ3v) is 8.40. The lowest BCUT2D eigenvalue weighted by molar-refractivity contribution is -0.143. The monoisotopic (exact) mass is 510 g/mol. The standard InChI is InChI=1S/C29H23ClN4O3/c30-20-11-6-10-19-25(20)32-28(37)29(19)24-23(26(35)34(27(24)36)15-16-7-2-1-3-8-16)22(33-29)13-17-14-31-21-12-5-4-9-18(17)21/h1-12,14,22-24,31,33H,13,15H2,(H,32,37)/t22-,23-,24+,29-/m1/s1. The number of carbonyl (C=O) groups excluding carboxylic acids is 3. The van der Waals surface area contributed by atoms with E-state index < -0.39 is 23.4 Å². The lowest BCUT2D eigenvalue weighted by Gasteiger charge is -2.29. The maximum Gasteiger partial charge on any atom is 0.250 e. The smallest absolute Gasteiger partial charge is 0.250 e. The topological polar surface area (TPSA) is 94.3 Å². The molecule has 3 aromatic carbocycles. The SMILES string of the molecule is O=C1[C@H]2[C@@H](C(=O)N1Cc1ccccc1)[C@@]1(N[C@@H]2Cc2c[nH]c3ccccc23)C(=O)Nc2c(Cl)cccc21. The molecule has 3 N–H and O–H groups in total. The molecule has 0 bridgehead atoms. The number of carbonyl (C=O) groups is 3. The number of aromatic amines is 1. The first kappa shape index (κ1) is 22.3. The largest absolute Gasteiger partial charge is 0.361 e. The molecule has 1 spiro atoms. The highest BCUT2D eigenvalue weighted by Gasteiger charge is 2.70. The molecule has 1 aromatic heterocycles. The summed E-state index contributed by atoms with van der Waals surface area (Å²) in [4.78, 5) is 46.3. The highest BCUT2D eigenvalue weighted by Crippen LogP contribution is 2.54. The summed E-state index contributed by atoms with van der Waals surface area (Å²) in [6, 6.07) is 22.3. The first-order chi connectivity index (χ1) is 18.0. The summed E-state index contributed by atoms with van der Waals surface area (Å²) in [6.07, 6.45) is 2.42. The van der Waals surface area contributed by atoms with Gasteiger partial charge in [0.15, 0.2) is 0 Å². The van der Waals surface area contributed by atoms with Crippen molar-refractivity contribution < 1.29 is 14.4 Å². The molecule has 7 nitrogen and oxygen atoms in total. The van der Waals surface area contributed by atoms with Crippen molar-refractivity contribution in [1.29, 1.82) is 0 Å². The molecule has 37 heavy (non-hydrogen) atoms. The predicted octanol–water partition coefficient (Wildman–Crippen LogP) is 3.98. The van der Waals surface area contributed by atoms with E-state index in [4.69, 9.17) is 11.6 Å². The number of hydrogen-bond donors (Lipinski definition) is 3. The molecule has 4 atom stereocenters. The van der Waals surface area contributed by atoms with Crippen LogP contribution in [0, 0.1) is 11.8 Å². The van der Waals surface area contributed by atoms with E-state index in [1.165, 1.54) is 4.90 Å². The highest BCUT2D eigenvalue weighted by molar-refractivity contribution is 6.35. The molecule has 7 rings (SSSR count). The molecule has 3 aliphatic rings. The van der Waals surface area contributed by atoms with Crippen LogP contribution in [0.5, 0.6) is 0 Å². The van der Waals surface area contributed by atoms with Crippen LogP contribution < -0.4 is 10.6 Å². The number of fused-ring (bicyclic) bond motifs is 5. The van der Waals surface area contributed by atoms with Crippen LogP contribution >= 0.6 is 11.6 Å². The van der Waals surface area contributed by atoms with Gasteiger partial charge in [0.2, 0.25) is 17.7 Å². The molecule has 4 aromatic rings. The average Bonchev–Trinajstić information content (AvgIpc) is 3.62. The van der Waals surface area contributed by atoms with Gasteiger partial charge in [-0.2, -0.15) is 0 Å². The van der Waals surface area contributed by atoms with Crippen LogP contribution in [-0.2, 0) is 32.9 Å². The van der Waals surface area contributed by atoms with Gasteiger partial charge in [-0.05, 0) is 29.7 Å². The number of benzene rings is 3. The minimum atomic E-state index is -1.38. The number of anilines is 1. The number of para-hydroxylation sites is 2. The number of likely N-dealkylation sites (tertiary alicyclic amines) is 1. The summed E-state index contributed by atoms with van der Waals surface area (Å²) in [5.74, 6) is -2.51. The van der Waals surface area contributed by atoms with Crippen LogP contribution in [-0.4, -0.2) is 33.6 Å². The Hall–Kier alpha value is -3.94. The van der Waals surface area contributed by atoms with Crippen LogP contribution in [0.15, 0.2) is 79.0 Å². The third kappa shape index (κ3) is 3.08. The minimum Gasteiger partial charge on any atom is -0.361 e. The number of hydrogen-bond acceptors (Lipinski definition) is 4. The van der Waals surface area contributed by atoms with Crippen molar-refractivity contribution in [3.63, 3.8) is 0 Å². The lowest BCUT2D eigenvalue weighted by Crippen LogP contribution is -2.53. The number of nitrogens with zero attached hydrogens (tertiary/aromatic N) is 1. The molecule has 2 fully saturated rings. The normalized spacial score (nSPS) is 26.2. The van der Waals surface area contributed by atoms with Crippen LogP contribution in [0.1, 0.15) is 16.7 Å². The van der Waals surface area contributed by atoms with Gasteiger partial charge in [-0.15, -0.1) is 0 Å². The fraction of sp³-hybridized carbons (Fsp3) is 0.207. The van der Waals surface area contributed by atoms with Crippen molar-refractivity contribution in [2.75, 3.05) is 5.32 Å². The van der Waals surface area contributed by atoms with Gasteiger partial charge >= 0.3 is 0 Å². The van der Waals surface area contributed by atoms with Gasteiger partial charge in [-0.3, -0.25) is 24.6 Å². The summed E-state index contributed by atoms with van der Waals surface area (Å²) in [5.41, 5.74) is 2.62. The Labute approximate surface area is 217 Å². The van der Waals surface area contributed by atoms with Gasteiger partial charge in [0.05, 0.1) is 29.1 Å². The van der Waals surface area contributed by atoms with E-state index >= 15 is 0 Å². The quantitative estimate of drug-likeness (QED) is 0.362. The summed E-state index contributed by atoms with van der Waals surface area (Å²) < 4.78 is 0. The van der Waals surface area contributed by atoms with Crippen molar-refractivity contribution in [2.24, 2.45) is 11.8 Å². The molecule has 4 heterocycles. The predicted molar refractivity (Wildman–Crippen MR) is 140 cm³/mol. The number of rotatable bonds is 4. The maximum atomic E-state index is 14.0. The Balaban J connectivity index is 1.35. The molecule has 0 aliphatic carbocycles. The second kappa shape index (κ2) is 8.03. The van der Waals surface area contributed by atoms with Crippen LogP contribution in [0.3, 0.4) is 0 Å². The number of halogens is 1. The number of H-pyrrole nitrogens is 1. The first-order valence-electron chi connectivity index (χ1n) is 12.3. The van der Waals surface area contributed by atoms with Crippen molar-refractivity contribution in [3.05, 3.63) is 101 Å². The number of nitrogens with one attached hydrogen (secondary N) is 3. The summed E-state index contributed by atoms with van der Waals surface area (Å²) in [7, 11) is 0. The zero-order valence-corrected chi connectivity index (χ0v) is 20.5. The van der Waals surface area contributed by atoms with Crippen LogP contribution in [0.2, 0.25) is 5.02 Å². The van der Waals surface area contributed by atoms with Gasteiger partial charge in [0.25, 0.3) is 0 Å². The Bertz CT molecular complexity index is 1600. The van der Waals surface area contributed by atoms with Crippen molar-refractivity contribution in [1.82, 2.24) is 15.2 Å². The first-order valence-corrected chi connectivity index (χ1v) is 12.7. The number of aromatic nitrogens is 1. The molecule has 8 heteroatoms. The Kier molecular flexibility index (Phi) is 4.83. The van der Waals surface area contributed by atoms with Crippen LogP contribution in [0.4, 0.5) is 5.69 Å². The maximum absolute atomic E-state index is 14.0. The second-order valence-electron chi connectivity index (χ2n) is 9.99. The lowest BCUT2D eigenvalue weighted by atomic mass is 9.76. The van der Waals surface area contributed by atoms with Gasteiger partial charge < -0.3 is 10.3 Å².